The van der Waals surface area contributed by atoms with Gasteiger partial charge in [0.15, 0.2) is 0 Å². The van der Waals surface area contributed by atoms with Gasteiger partial charge in [-0.05, 0) is 31.1 Å². The fourth-order valence-electron chi connectivity index (χ4n) is 0.987. The zero-order valence-electron chi connectivity index (χ0n) is 10.0. The van der Waals surface area contributed by atoms with E-state index in [4.69, 9.17) is 0 Å². The Morgan fingerprint density at radius 2 is 1.94 bits per heavy atom. The van der Waals surface area contributed by atoms with Gasteiger partial charge in [0.25, 0.3) is 0 Å². The SMILES string of the molecule is CC(C)OC(=O)NS(=O)(=O)NCCCCCI. The molecule has 102 valence electrons. The first-order chi connectivity index (χ1) is 7.87. The van der Waals surface area contributed by atoms with Crippen LogP contribution in [0.3, 0.4) is 0 Å². The molecule has 0 heterocycles. The first-order valence-corrected chi connectivity index (χ1v) is 8.42. The van der Waals surface area contributed by atoms with Gasteiger partial charge in [-0.1, -0.05) is 29.0 Å². The summed E-state index contributed by atoms with van der Waals surface area (Å²) >= 11 is 2.27. The Balaban J connectivity index is 3.84. The minimum atomic E-state index is -3.79. The molecular formula is C9H19IN2O4S. The highest BCUT2D eigenvalue weighted by atomic mass is 127. The lowest BCUT2D eigenvalue weighted by molar-refractivity contribution is 0.121. The lowest BCUT2D eigenvalue weighted by Crippen LogP contribution is -2.41. The molecule has 0 aromatic heterocycles. The normalized spacial score (nSPS) is 11.5. The zero-order valence-corrected chi connectivity index (χ0v) is 13.0. The summed E-state index contributed by atoms with van der Waals surface area (Å²) in [5.41, 5.74) is 0. The van der Waals surface area contributed by atoms with E-state index in [0.29, 0.717) is 6.54 Å². The Morgan fingerprint density at radius 3 is 2.47 bits per heavy atom. The van der Waals surface area contributed by atoms with Crippen molar-refractivity contribution in [1.82, 2.24) is 9.44 Å². The molecule has 17 heavy (non-hydrogen) atoms. The number of alkyl halides is 1. The summed E-state index contributed by atoms with van der Waals surface area (Å²) < 4.78 is 32.4. The highest BCUT2D eigenvalue weighted by molar-refractivity contribution is 14.1. The average Bonchev–Trinajstić information content (AvgIpc) is 2.14. The van der Waals surface area contributed by atoms with Crippen LogP contribution < -0.4 is 9.44 Å². The summed E-state index contributed by atoms with van der Waals surface area (Å²) in [6.07, 6.45) is 1.46. The molecule has 6 nitrogen and oxygen atoms in total. The van der Waals surface area contributed by atoms with E-state index in [9.17, 15) is 13.2 Å². The molecule has 0 atom stereocenters. The Morgan fingerprint density at radius 1 is 1.29 bits per heavy atom. The van der Waals surface area contributed by atoms with Gasteiger partial charge in [0, 0.05) is 6.54 Å². The third kappa shape index (κ3) is 10.8. The number of carbonyl (C=O) groups is 1. The Kier molecular flexibility index (Phi) is 8.88. The second kappa shape index (κ2) is 8.92. The van der Waals surface area contributed by atoms with Gasteiger partial charge in [-0.15, -0.1) is 0 Å². The second-order valence-corrected chi connectivity index (χ2v) is 6.28. The van der Waals surface area contributed by atoms with E-state index in [-0.39, 0.29) is 6.10 Å². The van der Waals surface area contributed by atoms with Gasteiger partial charge in [-0.3, -0.25) is 0 Å². The van der Waals surface area contributed by atoms with Crippen molar-refractivity contribution in [3.8, 4) is 0 Å². The van der Waals surface area contributed by atoms with Gasteiger partial charge in [-0.2, -0.15) is 13.1 Å². The van der Waals surface area contributed by atoms with Crippen molar-refractivity contribution in [1.29, 1.82) is 0 Å². The molecule has 0 aliphatic heterocycles. The number of hydrogen-bond acceptors (Lipinski definition) is 4. The van der Waals surface area contributed by atoms with Crippen LogP contribution in [0.1, 0.15) is 33.1 Å². The zero-order chi connectivity index (χ0) is 13.3. The Labute approximate surface area is 116 Å². The number of hydrogen-bond donors (Lipinski definition) is 2. The number of amides is 1. The summed E-state index contributed by atoms with van der Waals surface area (Å²) in [6.45, 7) is 3.61. The highest BCUT2D eigenvalue weighted by Crippen LogP contribution is 1.98. The lowest BCUT2D eigenvalue weighted by Gasteiger charge is -2.10. The standard InChI is InChI=1S/C9H19IN2O4S/c1-8(2)16-9(13)12-17(14,15)11-7-5-3-4-6-10/h8,11H,3-7H2,1-2H3,(H,12,13). The molecule has 8 heteroatoms. The van der Waals surface area contributed by atoms with Crippen molar-refractivity contribution in [2.75, 3.05) is 11.0 Å². The lowest BCUT2D eigenvalue weighted by atomic mass is 10.3. The molecule has 0 aromatic carbocycles. The third-order valence-electron chi connectivity index (χ3n) is 1.66. The van der Waals surface area contributed by atoms with E-state index in [2.05, 4.69) is 32.0 Å². The van der Waals surface area contributed by atoms with Crippen LogP contribution in [0.4, 0.5) is 4.79 Å². The number of carbonyl (C=O) groups excluding carboxylic acids is 1. The molecule has 2 N–H and O–H groups in total. The third-order valence-corrected chi connectivity index (χ3v) is 3.45. The van der Waals surface area contributed by atoms with Gasteiger partial charge in [0.05, 0.1) is 6.10 Å². The molecule has 0 fully saturated rings. The first kappa shape index (κ1) is 16.9. The summed E-state index contributed by atoms with van der Waals surface area (Å²) in [4.78, 5) is 11.1. The number of unbranched alkanes of at least 4 members (excludes halogenated alkanes) is 2. The molecule has 0 radical (unpaired) electrons. The highest BCUT2D eigenvalue weighted by Gasteiger charge is 2.15. The fraction of sp³-hybridized carbons (Fsp3) is 0.889. The quantitative estimate of drug-likeness (QED) is 0.382. The van der Waals surface area contributed by atoms with E-state index in [1.165, 1.54) is 0 Å². The number of ether oxygens (including phenoxy) is 1. The molecule has 0 saturated carbocycles. The molecular weight excluding hydrogens is 359 g/mol. The largest absolute Gasteiger partial charge is 0.446 e. The maximum atomic E-state index is 11.3. The molecule has 0 unspecified atom stereocenters. The minimum Gasteiger partial charge on any atom is -0.446 e. The van der Waals surface area contributed by atoms with Crippen LogP contribution in [0.15, 0.2) is 0 Å². The van der Waals surface area contributed by atoms with Crippen LogP contribution in [0, 0.1) is 0 Å². The topological polar surface area (TPSA) is 84.5 Å². The fourth-order valence-corrected chi connectivity index (χ4v) is 2.28. The van der Waals surface area contributed by atoms with Crippen LogP contribution in [0.25, 0.3) is 0 Å². The molecule has 0 saturated heterocycles. The van der Waals surface area contributed by atoms with Gasteiger partial charge < -0.3 is 4.74 Å². The predicted molar refractivity (Wildman–Crippen MR) is 74.4 cm³/mol. The van der Waals surface area contributed by atoms with Gasteiger partial charge >= 0.3 is 16.3 Å². The number of halogens is 1. The van der Waals surface area contributed by atoms with Crippen molar-refractivity contribution in [2.24, 2.45) is 0 Å². The maximum Gasteiger partial charge on any atom is 0.422 e. The Hall–Kier alpha value is -0.0900. The van der Waals surface area contributed by atoms with Crippen molar-refractivity contribution in [2.45, 2.75) is 39.2 Å². The van der Waals surface area contributed by atoms with Gasteiger partial charge in [0.1, 0.15) is 0 Å². The second-order valence-electron chi connectivity index (χ2n) is 3.70. The van der Waals surface area contributed by atoms with Crippen molar-refractivity contribution < 1.29 is 17.9 Å². The summed E-state index contributed by atoms with van der Waals surface area (Å²) in [6, 6.07) is 0. The van der Waals surface area contributed by atoms with Crippen LogP contribution in [0.2, 0.25) is 0 Å². The number of nitrogens with one attached hydrogen (secondary N) is 2. The monoisotopic (exact) mass is 378 g/mol. The summed E-state index contributed by atoms with van der Waals surface area (Å²) in [7, 11) is -3.79. The molecule has 0 bridgehead atoms. The number of rotatable bonds is 8. The summed E-state index contributed by atoms with van der Waals surface area (Å²) in [5.74, 6) is 0. The molecule has 0 spiro atoms. The van der Waals surface area contributed by atoms with Gasteiger partial charge in [0.2, 0.25) is 0 Å². The van der Waals surface area contributed by atoms with E-state index >= 15 is 0 Å². The predicted octanol–water partition coefficient (Wildman–Crippen LogP) is 1.56. The first-order valence-electron chi connectivity index (χ1n) is 5.41. The van der Waals surface area contributed by atoms with E-state index in [1.807, 2.05) is 0 Å². The Bertz CT molecular complexity index is 319. The molecule has 0 aliphatic rings. The molecule has 0 aromatic rings. The van der Waals surface area contributed by atoms with E-state index in [0.717, 1.165) is 23.7 Å². The van der Waals surface area contributed by atoms with Crippen LogP contribution in [-0.4, -0.2) is 31.6 Å². The van der Waals surface area contributed by atoms with E-state index in [1.54, 1.807) is 18.6 Å². The maximum absolute atomic E-state index is 11.3. The van der Waals surface area contributed by atoms with Gasteiger partial charge in [-0.25, -0.2) is 9.52 Å². The van der Waals surface area contributed by atoms with Crippen LogP contribution >= 0.6 is 22.6 Å². The van der Waals surface area contributed by atoms with Crippen molar-refractivity contribution >= 4 is 38.9 Å². The smallest absolute Gasteiger partial charge is 0.422 e. The van der Waals surface area contributed by atoms with Crippen molar-refractivity contribution in [3.63, 3.8) is 0 Å². The summed E-state index contributed by atoms with van der Waals surface area (Å²) in [5, 5.41) is 0. The van der Waals surface area contributed by atoms with Crippen LogP contribution in [-0.2, 0) is 14.9 Å². The molecule has 1 amide bonds. The van der Waals surface area contributed by atoms with Crippen molar-refractivity contribution in [3.05, 3.63) is 0 Å². The minimum absolute atomic E-state index is 0.320. The average molecular weight is 378 g/mol. The van der Waals surface area contributed by atoms with Crippen LogP contribution in [0.5, 0.6) is 0 Å². The molecule has 0 aliphatic carbocycles. The molecule has 0 rings (SSSR count). The van der Waals surface area contributed by atoms with E-state index < -0.39 is 16.3 Å².